The van der Waals surface area contributed by atoms with Crippen molar-refractivity contribution < 1.29 is 14.6 Å². The molecule has 0 saturated carbocycles. The maximum Gasteiger partial charge on any atom is 0.226 e. The molecule has 23 heavy (non-hydrogen) atoms. The number of hydrogen-bond donors (Lipinski definition) is 1. The Labute approximate surface area is 136 Å². The van der Waals surface area contributed by atoms with Crippen LogP contribution in [0.4, 0.5) is 5.69 Å². The average molecular weight is 316 g/mol. The van der Waals surface area contributed by atoms with Crippen molar-refractivity contribution in [3.63, 3.8) is 0 Å². The molecule has 0 spiro atoms. The van der Waals surface area contributed by atoms with Gasteiger partial charge in [-0.2, -0.15) is 0 Å². The van der Waals surface area contributed by atoms with Crippen LogP contribution in [0.5, 0.6) is 0 Å². The second-order valence-electron chi connectivity index (χ2n) is 6.91. The van der Waals surface area contributed by atoms with E-state index in [9.17, 15) is 9.90 Å². The highest BCUT2D eigenvalue weighted by atomic mass is 16.5. The van der Waals surface area contributed by atoms with Crippen LogP contribution in [-0.2, 0) is 9.53 Å². The lowest BCUT2D eigenvalue weighted by Crippen LogP contribution is -2.71. The standard InChI is InChI=1S/C18H24N2O3/c1-19-10-15-17(13-4-2-3-5-14(13)19)16(11-21)20(15)18(22)12-6-8-23-9-7-12/h2-5,12,15-17,21H,6-11H2,1H3/t15-,16-,17+/m0/s1. The van der Waals surface area contributed by atoms with E-state index in [1.807, 2.05) is 17.0 Å². The summed E-state index contributed by atoms with van der Waals surface area (Å²) in [6, 6.07) is 8.47. The summed E-state index contributed by atoms with van der Waals surface area (Å²) < 4.78 is 5.38. The molecule has 5 heteroatoms. The molecule has 2 fully saturated rings. The molecule has 0 aliphatic carbocycles. The summed E-state index contributed by atoms with van der Waals surface area (Å²) >= 11 is 0. The third kappa shape index (κ3) is 2.25. The Hall–Kier alpha value is -1.59. The number of anilines is 1. The van der Waals surface area contributed by atoms with E-state index < -0.39 is 0 Å². The fourth-order valence-electron chi connectivity index (χ4n) is 4.54. The van der Waals surface area contributed by atoms with Crippen molar-refractivity contribution in [1.82, 2.24) is 4.90 Å². The molecule has 0 radical (unpaired) electrons. The van der Waals surface area contributed by atoms with E-state index in [0.717, 1.165) is 19.4 Å². The van der Waals surface area contributed by atoms with Gasteiger partial charge >= 0.3 is 0 Å². The van der Waals surface area contributed by atoms with E-state index in [2.05, 4.69) is 24.1 Å². The molecular formula is C18H24N2O3. The first-order valence-electron chi connectivity index (χ1n) is 8.53. The van der Waals surface area contributed by atoms with Crippen LogP contribution in [0.15, 0.2) is 24.3 Å². The number of rotatable bonds is 2. The Balaban J connectivity index is 1.61. The van der Waals surface area contributed by atoms with Gasteiger partial charge in [-0.05, 0) is 24.5 Å². The molecule has 3 atom stereocenters. The van der Waals surface area contributed by atoms with Crippen molar-refractivity contribution in [3.8, 4) is 0 Å². The van der Waals surface area contributed by atoms with E-state index >= 15 is 0 Å². The number of carbonyl (C=O) groups is 1. The van der Waals surface area contributed by atoms with Gasteiger partial charge in [0.05, 0.1) is 18.7 Å². The van der Waals surface area contributed by atoms with E-state index in [-0.39, 0.29) is 36.4 Å². The summed E-state index contributed by atoms with van der Waals surface area (Å²) in [5.74, 6) is 0.527. The molecule has 1 aromatic rings. The summed E-state index contributed by atoms with van der Waals surface area (Å²) in [4.78, 5) is 17.2. The molecule has 1 N–H and O–H groups in total. The summed E-state index contributed by atoms with van der Waals surface area (Å²) in [6.45, 7) is 2.22. The highest BCUT2D eigenvalue weighted by molar-refractivity contribution is 5.82. The first kappa shape index (κ1) is 15.0. The van der Waals surface area contributed by atoms with Crippen LogP contribution >= 0.6 is 0 Å². The zero-order valence-electron chi connectivity index (χ0n) is 13.5. The molecule has 3 aliphatic heterocycles. The smallest absolute Gasteiger partial charge is 0.226 e. The second kappa shape index (κ2) is 5.80. The normalized spacial score (nSPS) is 30.4. The number of aliphatic hydroxyl groups is 1. The van der Waals surface area contributed by atoms with Gasteiger partial charge in [-0.1, -0.05) is 18.2 Å². The summed E-state index contributed by atoms with van der Waals surface area (Å²) in [6.07, 6.45) is 1.61. The Kier molecular flexibility index (Phi) is 3.77. The number of ether oxygens (including phenoxy) is 1. The number of carbonyl (C=O) groups excluding carboxylic acids is 1. The third-order valence-corrected chi connectivity index (χ3v) is 5.72. The van der Waals surface area contributed by atoms with E-state index in [0.29, 0.717) is 13.2 Å². The van der Waals surface area contributed by atoms with Gasteiger partial charge < -0.3 is 19.6 Å². The Morgan fingerprint density at radius 2 is 2.04 bits per heavy atom. The Morgan fingerprint density at radius 1 is 1.30 bits per heavy atom. The summed E-state index contributed by atoms with van der Waals surface area (Å²) in [5.41, 5.74) is 2.49. The molecule has 5 nitrogen and oxygen atoms in total. The fraction of sp³-hybridized carbons (Fsp3) is 0.611. The van der Waals surface area contributed by atoms with Crippen LogP contribution < -0.4 is 4.90 Å². The highest BCUT2D eigenvalue weighted by Gasteiger charge is 2.54. The number of likely N-dealkylation sites (tertiary alicyclic amines) is 1. The first-order valence-corrected chi connectivity index (χ1v) is 8.53. The minimum absolute atomic E-state index is 0.0359. The molecule has 0 bridgehead atoms. The van der Waals surface area contributed by atoms with Crippen LogP contribution in [0.2, 0.25) is 0 Å². The maximum absolute atomic E-state index is 13.0. The van der Waals surface area contributed by atoms with Gasteiger partial charge in [-0.3, -0.25) is 4.79 Å². The molecule has 1 aromatic carbocycles. The number of likely N-dealkylation sites (N-methyl/N-ethyl adjacent to an activating group) is 1. The number of fused-ring (bicyclic) bond motifs is 3. The van der Waals surface area contributed by atoms with Crippen molar-refractivity contribution in [2.45, 2.75) is 30.8 Å². The van der Waals surface area contributed by atoms with Crippen molar-refractivity contribution in [1.29, 1.82) is 0 Å². The Bertz CT molecular complexity index is 600. The quantitative estimate of drug-likeness (QED) is 0.891. The number of nitrogens with zero attached hydrogens (tertiary/aromatic N) is 2. The third-order valence-electron chi connectivity index (χ3n) is 5.72. The second-order valence-corrected chi connectivity index (χ2v) is 6.91. The molecular weight excluding hydrogens is 292 g/mol. The maximum atomic E-state index is 13.0. The minimum atomic E-state index is -0.0785. The lowest BCUT2D eigenvalue weighted by atomic mass is 9.71. The predicted molar refractivity (Wildman–Crippen MR) is 87.5 cm³/mol. The molecule has 3 aliphatic rings. The van der Waals surface area contributed by atoms with Crippen molar-refractivity contribution >= 4 is 11.6 Å². The topological polar surface area (TPSA) is 53.0 Å². The lowest BCUT2D eigenvalue weighted by Gasteiger charge is -2.59. The zero-order valence-corrected chi connectivity index (χ0v) is 13.5. The number of amides is 1. The number of para-hydroxylation sites is 1. The SMILES string of the molecule is CN1C[C@H]2[C@@H](c3ccccc31)[C@H](CO)N2C(=O)C1CCOCC1. The lowest BCUT2D eigenvalue weighted by molar-refractivity contribution is -0.158. The molecule has 4 rings (SSSR count). The first-order chi connectivity index (χ1) is 11.2. The van der Waals surface area contributed by atoms with Crippen molar-refractivity contribution in [3.05, 3.63) is 29.8 Å². The molecule has 0 unspecified atom stereocenters. The van der Waals surface area contributed by atoms with Gasteiger partial charge in [0.25, 0.3) is 0 Å². The van der Waals surface area contributed by atoms with Crippen LogP contribution in [0, 0.1) is 5.92 Å². The van der Waals surface area contributed by atoms with Gasteiger partial charge in [0.1, 0.15) is 0 Å². The zero-order chi connectivity index (χ0) is 16.0. The predicted octanol–water partition coefficient (Wildman–Crippen LogP) is 1.22. The van der Waals surface area contributed by atoms with Crippen molar-refractivity contribution in [2.24, 2.45) is 5.92 Å². The summed E-state index contributed by atoms with van der Waals surface area (Å²) in [5, 5.41) is 9.90. The van der Waals surface area contributed by atoms with E-state index in [4.69, 9.17) is 4.74 Å². The van der Waals surface area contributed by atoms with E-state index in [1.54, 1.807) is 0 Å². The van der Waals surface area contributed by atoms with Crippen LogP contribution in [-0.4, -0.2) is 61.4 Å². The largest absolute Gasteiger partial charge is 0.394 e. The number of aliphatic hydroxyl groups excluding tert-OH is 1. The molecule has 1 amide bonds. The van der Waals surface area contributed by atoms with Gasteiger partial charge in [-0.15, -0.1) is 0 Å². The van der Waals surface area contributed by atoms with Gasteiger partial charge in [0, 0.05) is 44.3 Å². The highest BCUT2D eigenvalue weighted by Crippen LogP contribution is 2.48. The molecule has 2 saturated heterocycles. The Morgan fingerprint density at radius 3 is 2.78 bits per heavy atom. The van der Waals surface area contributed by atoms with Gasteiger partial charge in [0.2, 0.25) is 5.91 Å². The van der Waals surface area contributed by atoms with Crippen molar-refractivity contribution in [2.75, 3.05) is 38.3 Å². The average Bonchev–Trinajstić information content (AvgIpc) is 2.58. The van der Waals surface area contributed by atoms with Crippen LogP contribution in [0.3, 0.4) is 0 Å². The van der Waals surface area contributed by atoms with Crippen LogP contribution in [0.1, 0.15) is 24.3 Å². The van der Waals surface area contributed by atoms with E-state index in [1.165, 1.54) is 11.3 Å². The van der Waals surface area contributed by atoms with Gasteiger partial charge in [-0.25, -0.2) is 0 Å². The monoisotopic (exact) mass is 316 g/mol. The molecule has 124 valence electrons. The minimum Gasteiger partial charge on any atom is -0.394 e. The van der Waals surface area contributed by atoms with Gasteiger partial charge in [0.15, 0.2) is 0 Å². The number of hydrogen-bond acceptors (Lipinski definition) is 4. The number of benzene rings is 1. The fourth-order valence-corrected chi connectivity index (χ4v) is 4.54. The molecule has 0 aromatic heterocycles. The van der Waals surface area contributed by atoms with Crippen LogP contribution in [0.25, 0.3) is 0 Å². The summed E-state index contributed by atoms with van der Waals surface area (Å²) in [7, 11) is 2.08. The molecule has 3 heterocycles.